The zero-order valence-corrected chi connectivity index (χ0v) is 13.2. The van der Waals surface area contributed by atoms with Crippen LogP contribution in [-0.4, -0.2) is 20.6 Å². The van der Waals surface area contributed by atoms with E-state index in [-0.39, 0.29) is 17.1 Å². The average Bonchev–Trinajstić information content (AvgIpc) is 2.94. The molecule has 0 radical (unpaired) electrons. The third-order valence-corrected chi connectivity index (χ3v) is 3.09. The molecule has 0 saturated carbocycles. The Morgan fingerprint density at radius 1 is 1.35 bits per heavy atom. The molecule has 0 spiro atoms. The zero-order chi connectivity index (χ0) is 17.0. The lowest BCUT2D eigenvalue weighted by Crippen LogP contribution is -2.22. The smallest absolute Gasteiger partial charge is 0.276 e. The van der Waals surface area contributed by atoms with Gasteiger partial charge in [-0.3, -0.25) is 19.6 Å². The van der Waals surface area contributed by atoms with Gasteiger partial charge in [0.25, 0.3) is 5.69 Å². The fraction of sp³-hybridized carbons (Fsp3) is 0.250. The van der Waals surface area contributed by atoms with E-state index >= 15 is 0 Å². The molecular weight excluding hydrogens is 296 g/mol. The Morgan fingerprint density at radius 3 is 2.65 bits per heavy atom. The number of aromatic nitrogens is 2. The number of carbonyl (C=O) groups excluding carboxylic acids is 1. The summed E-state index contributed by atoms with van der Waals surface area (Å²) in [6.07, 6.45) is 5.97. The third-order valence-electron chi connectivity index (χ3n) is 3.09. The molecule has 0 unspecified atom stereocenters. The zero-order valence-electron chi connectivity index (χ0n) is 13.2. The van der Waals surface area contributed by atoms with E-state index in [0.29, 0.717) is 11.3 Å². The van der Waals surface area contributed by atoms with Crippen molar-refractivity contribution in [3.8, 4) is 0 Å². The van der Waals surface area contributed by atoms with E-state index in [4.69, 9.17) is 0 Å². The second-order valence-corrected chi connectivity index (χ2v) is 5.98. The molecule has 0 saturated heterocycles. The highest BCUT2D eigenvalue weighted by atomic mass is 16.6. The number of nitro benzene ring substituents is 1. The van der Waals surface area contributed by atoms with Gasteiger partial charge >= 0.3 is 0 Å². The van der Waals surface area contributed by atoms with Crippen LogP contribution >= 0.6 is 0 Å². The first-order valence-corrected chi connectivity index (χ1v) is 7.05. The SMILES string of the molecule is CC(C)(C)n1cc(NC(=O)C=Cc2ccccc2[N+](=O)[O-])cn1. The Kier molecular flexibility index (Phi) is 4.59. The standard InChI is InChI=1S/C16H18N4O3/c1-16(2,3)19-11-13(10-17-19)18-15(21)9-8-12-6-4-5-7-14(12)20(22)23/h4-11H,1-3H3,(H,18,21). The van der Waals surface area contributed by atoms with Crippen molar-refractivity contribution >= 4 is 23.4 Å². The van der Waals surface area contributed by atoms with Crippen LogP contribution in [0.15, 0.2) is 42.7 Å². The van der Waals surface area contributed by atoms with Gasteiger partial charge in [-0.05, 0) is 32.9 Å². The molecule has 0 aliphatic heterocycles. The van der Waals surface area contributed by atoms with Gasteiger partial charge in [0.1, 0.15) is 0 Å². The van der Waals surface area contributed by atoms with Crippen molar-refractivity contribution in [3.63, 3.8) is 0 Å². The largest absolute Gasteiger partial charge is 0.320 e. The van der Waals surface area contributed by atoms with Crippen molar-refractivity contribution in [2.75, 3.05) is 5.32 Å². The predicted octanol–water partition coefficient (Wildman–Crippen LogP) is 3.20. The number of carbonyl (C=O) groups is 1. The summed E-state index contributed by atoms with van der Waals surface area (Å²) >= 11 is 0. The summed E-state index contributed by atoms with van der Waals surface area (Å²) in [5.74, 6) is -0.378. The molecule has 23 heavy (non-hydrogen) atoms. The van der Waals surface area contributed by atoms with Crippen LogP contribution in [0.5, 0.6) is 0 Å². The first-order valence-electron chi connectivity index (χ1n) is 7.05. The Labute approximate surface area is 133 Å². The minimum atomic E-state index is -0.481. The number of nitrogens with one attached hydrogen (secondary N) is 1. The van der Waals surface area contributed by atoms with Gasteiger partial charge in [0.2, 0.25) is 5.91 Å². The quantitative estimate of drug-likeness (QED) is 0.533. The topological polar surface area (TPSA) is 90.1 Å². The number of nitrogens with zero attached hydrogens (tertiary/aromatic N) is 3. The van der Waals surface area contributed by atoms with Crippen molar-refractivity contribution in [1.29, 1.82) is 0 Å². The highest BCUT2D eigenvalue weighted by molar-refractivity contribution is 6.02. The van der Waals surface area contributed by atoms with Gasteiger partial charge in [-0.25, -0.2) is 0 Å². The van der Waals surface area contributed by atoms with Crippen molar-refractivity contribution in [3.05, 3.63) is 58.4 Å². The summed E-state index contributed by atoms with van der Waals surface area (Å²) < 4.78 is 1.74. The minimum absolute atomic E-state index is 0.0443. The van der Waals surface area contributed by atoms with E-state index in [2.05, 4.69) is 10.4 Å². The Balaban J connectivity index is 2.08. The molecule has 0 fully saturated rings. The molecule has 0 bridgehead atoms. The van der Waals surface area contributed by atoms with Crippen LogP contribution < -0.4 is 5.32 Å². The van der Waals surface area contributed by atoms with Gasteiger partial charge in [0.05, 0.1) is 27.9 Å². The first-order chi connectivity index (χ1) is 10.8. The van der Waals surface area contributed by atoms with Crippen LogP contribution in [0.2, 0.25) is 0 Å². The second-order valence-electron chi connectivity index (χ2n) is 5.98. The average molecular weight is 314 g/mol. The summed E-state index contributed by atoms with van der Waals surface area (Å²) in [5, 5.41) is 17.8. The van der Waals surface area contributed by atoms with Crippen molar-refractivity contribution < 1.29 is 9.72 Å². The molecule has 120 valence electrons. The van der Waals surface area contributed by atoms with Crippen molar-refractivity contribution in [2.45, 2.75) is 26.3 Å². The number of para-hydroxylation sites is 1. The number of anilines is 1. The number of hydrogen-bond donors (Lipinski definition) is 1. The minimum Gasteiger partial charge on any atom is -0.320 e. The molecule has 0 aliphatic carbocycles. The molecule has 7 nitrogen and oxygen atoms in total. The lowest BCUT2D eigenvalue weighted by molar-refractivity contribution is -0.385. The summed E-state index contributed by atoms with van der Waals surface area (Å²) in [5.41, 5.74) is 0.719. The predicted molar refractivity (Wildman–Crippen MR) is 88.0 cm³/mol. The molecule has 1 aromatic carbocycles. The Hall–Kier alpha value is -2.96. The van der Waals surface area contributed by atoms with E-state index in [1.165, 1.54) is 18.2 Å². The second kappa shape index (κ2) is 6.43. The number of amides is 1. The number of nitro groups is 1. The summed E-state index contributed by atoms with van der Waals surface area (Å²) in [6.45, 7) is 6.00. The van der Waals surface area contributed by atoms with Crippen LogP contribution in [0.1, 0.15) is 26.3 Å². The summed E-state index contributed by atoms with van der Waals surface area (Å²) in [6, 6.07) is 6.23. The molecule has 1 amide bonds. The molecule has 1 heterocycles. The lowest BCUT2D eigenvalue weighted by Gasteiger charge is -2.18. The van der Waals surface area contributed by atoms with Crippen LogP contribution in [0, 0.1) is 10.1 Å². The van der Waals surface area contributed by atoms with E-state index < -0.39 is 4.92 Å². The van der Waals surface area contributed by atoms with E-state index in [9.17, 15) is 14.9 Å². The molecule has 7 heteroatoms. The maximum Gasteiger partial charge on any atom is 0.276 e. The first kappa shape index (κ1) is 16.4. The van der Waals surface area contributed by atoms with Crippen molar-refractivity contribution in [2.24, 2.45) is 0 Å². The van der Waals surface area contributed by atoms with E-state index in [1.807, 2.05) is 20.8 Å². The third kappa shape index (κ3) is 4.26. The van der Waals surface area contributed by atoms with Gasteiger partial charge in [-0.2, -0.15) is 5.10 Å². The highest BCUT2D eigenvalue weighted by Gasteiger charge is 2.14. The maximum atomic E-state index is 11.9. The van der Waals surface area contributed by atoms with Gasteiger partial charge in [-0.15, -0.1) is 0 Å². The summed E-state index contributed by atoms with van der Waals surface area (Å²) in [7, 11) is 0. The van der Waals surface area contributed by atoms with Crippen LogP contribution in [0.25, 0.3) is 6.08 Å². The molecule has 2 rings (SSSR count). The van der Waals surface area contributed by atoms with Crippen molar-refractivity contribution in [1.82, 2.24) is 9.78 Å². The molecular formula is C16H18N4O3. The normalized spacial score (nSPS) is 11.6. The Morgan fingerprint density at radius 2 is 2.04 bits per heavy atom. The number of rotatable bonds is 4. The van der Waals surface area contributed by atoms with Crippen LogP contribution in [0.4, 0.5) is 11.4 Å². The fourth-order valence-corrected chi connectivity index (χ4v) is 1.90. The molecule has 1 N–H and O–H groups in total. The van der Waals surface area contributed by atoms with Gasteiger partial charge in [0.15, 0.2) is 0 Å². The molecule has 1 aromatic heterocycles. The Bertz CT molecular complexity index is 757. The number of hydrogen-bond acceptors (Lipinski definition) is 4. The highest BCUT2D eigenvalue weighted by Crippen LogP contribution is 2.19. The van der Waals surface area contributed by atoms with Gasteiger partial charge < -0.3 is 5.32 Å². The van der Waals surface area contributed by atoms with Crippen LogP contribution in [-0.2, 0) is 10.3 Å². The van der Waals surface area contributed by atoms with Crippen LogP contribution in [0.3, 0.4) is 0 Å². The van der Waals surface area contributed by atoms with Gasteiger partial charge in [-0.1, -0.05) is 12.1 Å². The molecule has 0 atom stereocenters. The number of benzene rings is 1. The lowest BCUT2D eigenvalue weighted by atomic mass is 10.1. The summed E-state index contributed by atoms with van der Waals surface area (Å²) in [4.78, 5) is 22.4. The monoisotopic (exact) mass is 314 g/mol. The molecule has 0 aliphatic rings. The van der Waals surface area contributed by atoms with E-state index in [1.54, 1.807) is 35.3 Å². The maximum absolute atomic E-state index is 11.9. The molecule has 2 aromatic rings. The van der Waals surface area contributed by atoms with E-state index in [0.717, 1.165) is 0 Å². The fourth-order valence-electron chi connectivity index (χ4n) is 1.90. The van der Waals surface area contributed by atoms with Gasteiger partial charge in [0, 0.05) is 18.3 Å².